The van der Waals surface area contributed by atoms with E-state index in [1.807, 2.05) is 30.3 Å². The van der Waals surface area contributed by atoms with Crippen molar-refractivity contribution in [3.63, 3.8) is 0 Å². The van der Waals surface area contributed by atoms with Gasteiger partial charge in [0.15, 0.2) is 0 Å². The third kappa shape index (κ3) is 4.42. The number of nitrogens with zero attached hydrogens (tertiary/aromatic N) is 1. The van der Waals surface area contributed by atoms with Gasteiger partial charge in [-0.2, -0.15) is 0 Å². The molecule has 0 spiro atoms. The monoisotopic (exact) mass is 369 g/mol. The molecule has 2 aromatic carbocycles. The van der Waals surface area contributed by atoms with E-state index in [1.165, 1.54) is 5.56 Å². The zero-order valence-electron chi connectivity index (χ0n) is 15.6. The zero-order chi connectivity index (χ0) is 18.4. The quantitative estimate of drug-likeness (QED) is 0.677. The Morgan fingerprint density at radius 3 is 2.65 bits per heavy atom. The fourth-order valence-corrected chi connectivity index (χ4v) is 4.37. The molecule has 1 aliphatic heterocycles. The Kier molecular flexibility index (Phi) is 6.62. The van der Waals surface area contributed by atoms with E-state index in [-0.39, 0.29) is 5.91 Å². The molecule has 0 N–H and O–H groups in total. The first-order valence-electron chi connectivity index (χ1n) is 9.38. The number of thioether (sulfide) groups is 1. The first kappa shape index (κ1) is 18.8. The van der Waals surface area contributed by atoms with E-state index < -0.39 is 0 Å². The van der Waals surface area contributed by atoms with Crippen molar-refractivity contribution in [2.24, 2.45) is 0 Å². The number of likely N-dealkylation sites (tertiary alicyclic amines) is 1. The van der Waals surface area contributed by atoms with Gasteiger partial charge in [0, 0.05) is 23.9 Å². The van der Waals surface area contributed by atoms with Gasteiger partial charge in [-0.25, -0.2) is 0 Å². The minimum absolute atomic E-state index is 0.168. The first-order chi connectivity index (χ1) is 12.7. The summed E-state index contributed by atoms with van der Waals surface area (Å²) in [5, 5.41) is 0. The number of carbonyl (C=O) groups is 1. The van der Waals surface area contributed by atoms with Crippen LogP contribution < -0.4 is 4.74 Å². The molecule has 0 bridgehead atoms. The van der Waals surface area contributed by atoms with Crippen molar-refractivity contribution in [3.05, 3.63) is 59.7 Å². The highest BCUT2D eigenvalue weighted by atomic mass is 32.2. The summed E-state index contributed by atoms with van der Waals surface area (Å²) in [6, 6.07) is 16.3. The molecule has 1 unspecified atom stereocenters. The normalized spacial score (nSPS) is 17.6. The Morgan fingerprint density at radius 1 is 1.15 bits per heavy atom. The predicted molar refractivity (Wildman–Crippen MR) is 108 cm³/mol. The standard InChI is InChI=1S/C22H27NO2S/c1-3-26-21-10-5-4-9-20(21)22(24)23-15-7-6-8-18(16-23)17-11-13-19(25-2)14-12-17/h4-5,9-14,18H,3,6-8,15-16H2,1-2H3. The Labute approximate surface area is 160 Å². The molecule has 1 saturated heterocycles. The van der Waals surface area contributed by atoms with E-state index in [0.29, 0.717) is 5.92 Å². The summed E-state index contributed by atoms with van der Waals surface area (Å²) in [6.07, 6.45) is 3.36. The number of ether oxygens (including phenoxy) is 1. The lowest BCUT2D eigenvalue weighted by atomic mass is 9.94. The van der Waals surface area contributed by atoms with Crippen molar-refractivity contribution < 1.29 is 9.53 Å². The van der Waals surface area contributed by atoms with Gasteiger partial charge in [0.25, 0.3) is 5.91 Å². The SMILES string of the molecule is CCSc1ccccc1C(=O)N1CCCCC(c2ccc(OC)cc2)C1. The summed E-state index contributed by atoms with van der Waals surface area (Å²) in [4.78, 5) is 16.4. The highest BCUT2D eigenvalue weighted by Crippen LogP contribution is 2.30. The largest absolute Gasteiger partial charge is 0.497 e. The molecular formula is C22H27NO2S. The highest BCUT2D eigenvalue weighted by Gasteiger charge is 2.25. The van der Waals surface area contributed by atoms with Gasteiger partial charge in [0.05, 0.1) is 12.7 Å². The maximum atomic E-state index is 13.2. The lowest BCUT2D eigenvalue weighted by Gasteiger charge is -2.26. The van der Waals surface area contributed by atoms with E-state index in [2.05, 4.69) is 30.0 Å². The van der Waals surface area contributed by atoms with Crippen LogP contribution >= 0.6 is 11.8 Å². The van der Waals surface area contributed by atoms with Crippen molar-refractivity contribution in [2.75, 3.05) is 26.0 Å². The second-order valence-corrected chi connectivity index (χ2v) is 7.95. The molecule has 1 heterocycles. The third-order valence-electron chi connectivity index (χ3n) is 4.96. The minimum atomic E-state index is 0.168. The van der Waals surface area contributed by atoms with Gasteiger partial charge in [0.2, 0.25) is 0 Å². The summed E-state index contributed by atoms with van der Waals surface area (Å²) in [5.41, 5.74) is 2.14. The summed E-state index contributed by atoms with van der Waals surface area (Å²) in [5.74, 6) is 2.40. The molecule has 4 heteroatoms. The molecule has 2 aromatic rings. The van der Waals surface area contributed by atoms with E-state index >= 15 is 0 Å². The second-order valence-electron chi connectivity index (χ2n) is 6.65. The van der Waals surface area contributed by atoms with Crippen LogP contribution in [0.4, 0.5) is 0 Å². The van der Waals surface area contributed by atoms with E-state index in [9.17, 15) is 4.79 Å². The molecule has 0 aliphatic carbocycles. The van der Waals surface area contributed by atoms with Crippen LogP contribution in [-0.4, -0.2) is 36.8 Å². The smallest absolute Gasteiger partial charge is 0.255 e. The Bertz CT molecular complexity index is 729. The Morgan fingerprint density at radius 2 is 1.92 bits per heavy atom. The first-order valence-corrected chi connectivity index (χ1v) is 10.4. The zero-order valence-corrected chi connectivity index (χ0v) is 16.4. The van der Waals surface area contributed by atoms with Gasteiger partial charge in [-0.3, -0.25) is 4.79 Å². The second kappa shape index (κ2) is 9.13. The molecule has 26 heavy (non-hydrogen) atoms. The lowest BCUT2D eigenvalue weighted by Crippen LogP contribution is -2.34. The Hall–Kier alpha value is -1.94. The average Bonchev–Trinajstić information content (AvgIpc) is 2.94. The van der Waals surface area contributed by atoms with Gasteiger partial charge in [-0.05, 0) is 48.4 Å². The van der Waals surface area contributed by atoms with E-state index in [1.54, 1.807) is 18.9 Å². The number of rotatable bonds is 5. The molecule has 3 rings (SSSR count). The molecule has 1 aliphatic rings. The van der Waals surface area contributed by atoms with Crippen LogP contribution in [-0.2, 0) is 0 Å². The third-order valence-corrected chi connectivity index (χ3v) is 5.92. The molecule has 0 aromatic heterocycles. The number of carbonyl (C=O) groups excluding carboxylic acids is 1. The van der Waals surface area contributed by atoms with Gasteiger partial charge < -0.3 is 9.64 Å². The van der Waals surface area contributed by atoms with Crippen LogP contribution in [0, 0.1) is 0 Å². The number of amides is 1. The van der Waals surface area contributed by atoms with E-state index in [0.717, 1.165) is 54.3 Å². The van der Waals surface area contributed by atoms with Gasteiger partial charge >= 0.3 is 0 Å². The number of benzene rings is 2. The predicted octanol–water partition coefficient (Wildman–Crippen LogP) is 5.22. The Balaban J connectivity index is 1.79. The summed E-state index contributed by atoms with van der Waals surface area (Å²) < 4.78 is 5.27. The maximum Gasteiger partial charge on any atom is 0.255 e. The van der Waals surface area contributed by atoms with Crippen molar-refractivity contribution >= 4 is 17.7 Å². The lowest BCUT2D eigenvalue weighted by molar-refractivity contribution is 0.0751. The van der Waals surface area contributed by atoms with Gasteiger partial charge in [-0.1, -0.05) is 37.6 Å². The summed E-state index contributed by atoms with van der Waals surface area (Å²) in [6.45, 7) is 3.75. The van der Waals surface area contributed by atoms with Crippen LogP contribution in [0.5, 0.6) is 5.75 Å². The van der Waals surface area contributed by atoms with Crippen LogP contribution in [0.25, 0.3) is 0 Å². The molecule has 138 valence electrons. The molecule has 1 amide bonds. The van der Waals surface area contributed by atoms with Crippen LogP contribution in [0.15, 0.2) is 53.4 Å². The molecule has 1 atom stereocenters. The summed E-state index contributed by atoms with van der Waals surface area (Å²) in [7, 11) is 1.69. The topological polar surface area (TPSA) is 29.5 Å². The molecule has 0 saturated carbocycles. The minimum Gasteiger partial charge on any atom is -0.497 e. The highest BCUT2D eigenvalue weighted by molar-refractivity contribution is 7.99. The van der Waals surface area contributed by atoms with Crippen molar-refractivity contribution in [1.82, 2.24) is 4.90 Å². The fraction of sp³-hybridized carbons (Fsp3) is 0.409. The number of hydrogen-bond donors (Lipinski definition) is 0. The molecule has 3 nitrogen and oxygen atoms in total. The van der Waals surface area contributed by atoms with Crippen LogP contribution in [0.2, 0.25) is 0 Å². The molecule has 0 radical (unpaired) electrons. The van der Waals surface area contributed by atoms with Crippen LogP contribution in [0.3, 0.4) is 0 Å². The van der Waals surface area contributed by atoms with Crippen molar-refractivity contribution in [3.8, 4) is 5.75 Å². The van der Waals surface area contributed by atoms with Crippen molar-refractivity contribution in [2.45, 2.75) is 37.0 Å². The average molecular weight is 370 g/mol. The molecule has 1 fully saturated rings. The van der Waals surface area contributed by atoms with Crippen LogP contribution in [0.1, 0.15) is 48.0 Å². The van der Waals surface area contributed by atoms with Crippen molar-refractivity contribution in [1.29, 1.82) is 0 Å². The maximum absolute atomic E-state index is 13.2. The molecular weight excluding hydrogens is 342 g/mol. The van der Waals surface area contributed by atoms with E-state index in [4.69, 9.17) is 4.74 Å². The summed E-state index contributed by atoms with van der Waals surface area (Å²) >= 11 is 1.74. The number of methoxy groups -OCH3 is 1. The van der Waals surface area contributed by atoms with Gasteiger partial charge in [-0.15, -0.1) is 11.8 Å². The number of hydrogen-bond acceptors (Lipinski definition) is 3. The van der Waals surface area contributed by atoms with Gasteiger partial charge in [0.1, 0.15) is 5.75 Å². The fourth-order valence-electron chi connectivity index (χ4n) is 3.57.